The second-order valence-corrected chi connectivity index (χ2v) is 8.25. The number of amides is 2. The molecule has 9 heteroatoms. The summed E-state index contributed by atoms with van der Waals surface area (Å²) in [7, 11) is 1.53. The van der Waals surface area contributed by atoms with Crippen LogP contribution < -0.4 is 25.0 Å². The highest BCUT2D eigenvalue weighted by Crippen LogP contribution is 2.27. The Labute approximate surface area is 225 Å². The highest BCUT2D eigenvalue weighted by Gasteiger charge is 2.14. The first-order chi connectivity index (χ1) is 19.0. The average Bonchev–Trinajstić information content (AvgIpc) is 2.97. The molecule has 0 spiro atoms. The number of benzene rings is 4. The largest absolute Gasteiger partial charge is 0.497 e. The summed E-state index contributed by atoms with van der Waals surface area (Å²) >= 11 is 0. The van der Waals surface area contributed by atoms with E-state index in [1.54, 1.807) is 54.6 Å². The number of esters is 1. The van der Waals surface area contributed by atoms with E-state index in [-0.39, 0.29) is 12.3 Å². The summed E-state index contributed by atoms with van der Waals surface area (Å²) in [6, 6.07) is 24.2. The number of carbonyl (C=O) groups excluding carboxylic acids is 3. The molecule has 0 unspecified atom stereocenters. The maximum Gasteiger partial charge on any atom is 0.343 e. The van der Waals surface area contributed by atoms with E-state index in [2.05, 4.69) is 15.8 Å². The van der Waals surface area contributed by atoms with Crippen molar-refractivity contribution in [3.8, 4) is 17.2 Å². The van der Waals surface area contributed by atoms with Gasteiger partial charge in [-0.05, 0) is 72.3 Å². The van der Waals surface area contributed by atoms with Gasteiger partial charge >= 0.3 is 5.97 Å². The van der Waals surface area contributed by atoms with Gasteiger partial charge in [-0.2, -0.15) is 5.10 Å². The third-order valence-electron chi connectivity index (χ3n) is 5.68. The first kappa shape index (κ1) is 26.9. The number of carbonyl (C=O) groups is 3. The molecule has 9 nitrogen and oxygen atoms in total. The number of ether oxygens (including phenoxy) is 3. The van der Waals surface area contributed by atoms with Crippen molar-refractivity contribution in [3.63, 3.8) is 0 Å². The van der Waals surface area contributed by atoms with Crippen LogP contribution in [0.2, 0.25) is 0 Å². The third-order valence-corrected chi connectivity index (χ3v) is 5.68. The molecule has 0 bridgehead atoms. The fourth-order valence-electron chi connectivity index (χ4n) is 3.72. The Kier molecular flexibility index (Phi) is 8.87. The van der Waals surface area contributed by atoms with E-state index in [0.29, 0.717) is 34.8 Å². The molecule has 2 N–H and O–H groups in total. The fourth-order valence-corrected chi connectivity index (χ4v) is 3.72. The SMILES string of the molecule is CCOc1ccc(C(=O)Oc2ccc3ccccc3c2C=NNC(=O)CNC(=O)c2ccc(OC)cc2)cc1. The van der Waals surface area contributed by atoms with E-state index >= 15 is 0 Å². The Morgan fingerprint density at radius 1 is 0.846 bits per heavy atom. The first-order valence-corrected chi connectivity index (χ1v) is 12.2. The topological polar surface area (TPSA) is 115 Å². The normalized spacial score (nSPS) is 10.7. The summed E-state index contributed by atoms with van der Waals surface area (Å²) < 4.78 is 16.2. The molecular formula is C30H27N3O6. The van der Waals surface area contributed by atoms with E-state index in [0.717, 1.165) is 10.8 Å². The average molecular weight is 526 g/mol. The Morgan fingerprint density at radius 2 is 1.54 bits per heavy atom. The molecule has 0 atom stereocenters. The van der Waals surface area contributed by atoms with Crippen LogP contribution in [0.3, 0.4) is 0 Å². The van der Waals surface area contributed by atoms with Gasteiger partial charge in [0.25, 0.3) is 11.8 Å². The molecule has 0 fully saturated rings. The van der Waals surface area contributed by atoms with Crippen LogP contribution in [0.5, 0.6) is 17.2 Å². The summed E-state index contributed by atoms with van der Waals surface area (Å²) in [5.41, 5.74) is 3.65. The van der Waals surface area contributed by atoms with Crippen LogP contribution in [0.4, 0.5) is 0 Å². The molecule has 39 heavy (non-hydrogen) atoms. The lowest BCUT2D eigenvalue weighted by atomic mass is 10.0. The number of nitrogens with zero attached hydrogens (tertiary/aromatic N) is 1. The molecule has 0 aliphatic heterocycles. The molecule has 0 saturated carbocycles. The maximum absolute atomic E-state index is 12.8. The number of nitrogens with one attached hydrogen (secondary N) is 2. The van der Waals surface area contributed by atoms with Crippen LogP contribution in [0.1, 0.15) is 33.2 Å². The Hall–Kier alpha value is -5.18. The number of rotatable bonds is 10. The van der Waals surface area contributed by atoms with Crippen molar-refractivity contribution in [1.29, 1.82) is 0 Å². The van der Waals surface area contributed by atoms with Crippen LogP contribution in [-0.2, 0) is 4.79 Å². The lowest BCUT2D eigenvalue weighted by molar-refractivity contribution is -0.120. The van der Waals surface area contributed by atoms with E-state index in [1.165, 1.54) is 13.3 Å². The minimum absolute atomic E-state index is 0.276. The first-order valence-electron chi connectivity index (χ1n) is 12.2. The van der Waals surface area contributed by atoms with Crippen molar-refractivity contribution in [2.75, 3.05) is 20.3 Å². The van der Waals surface area contributed by atoms with Crippen molar-refractivity contribution < 1.29 is 28.6 Å². The Morgan fingerprint density at radius 3 is 2.26 bits per heavy atom. The van der Waals surface area contributed by atoms with E-state index < -0.39 is 17.8 Å². The zero-order valence-corrected chi connectivity index (χ0v) is 21.5. The Balaban J connectivity index is 1.44. The Bertz CT molecular complexity index is 1500. The third kappa shape index (κ3) is 6.98. The van der Waals surface area contributed by atoms with Crippen LogP contribution in [0.15, 0.2) is 90.0 Å². The smallest absolute Gasteiger partial charge is 0.343 e. The molecule has 0 saturated heterocycles. The molecule has 4 aromatic rings. The van der Waals surface area contributed by atoms with E-state index in [9.17, 15) is 14.4 Å². The summed E-state index contributed by atoms with van der Waals surface area (Å²) in [4.78, 5) is 37.4. The lowest BCUT2D eigenvalue weighted by Gasteiger charge is -2.11. The van der Waals surface area contributed by atoms with Crippen molar-refractivity contribution in [2.24, 2.45) is 5.10 Å². The van der Waals surface area contributed by atoms with Gasteiger partial charge in [-0.15, -0.1) is 0 Å². The minimum Gasteiger partial charge on any atom is -0.497 e. The van der Waals surface area contributed by atoms with Gasteiger partial charge in [0.1, 0.15) is 17.2 Å². The molecule has 2 amide bonds. The second-order valence-electron chi connectivity index (χ2n) is 8.25. The fraction of sp³-hybridized carbons (Fsp3) is 0.133. The predicted octanol–water partition coefficient (Wildman–Crippen LogP) is 4.35. The quantitative estimate of drug-likeness (QED) is 0.138. The second kappa shape index (κ2) is 12.9. The molecule has 4 aromatic carbocycles. The molecule has 0 heterocycles. The molecule has 0 aliphatic rings. The summed E-state index contributed by atoms with van der Waals surface area (Å²) in [6.45, 7) is 2.12. The monoisotopic (exact) mass is 525 g/mol. The molecule has 0 aromatic heterocycles. The van der Waals surface area contributed by atoms with Gasteiger partial charge < -0.3 is 19.5 Å². The van der Waals surface area contributed by atoms with Gasteiger partial charge in [-0.1, -0.05) is 30.3 Å². The molecular weight excluding hydrogens is 498 g/mol. The van der Waals surface area contributed by atoms with Crippen LogP contribution in [0, 0.1) is 0 Å². The van der Waals surface area contributed by atoms with Crippen molar-refractivity contribution >= 4 is 34.8 Å². The highest BCUT2D eigenvalue weighted by atomic mass is 16.5. The summed E-state index contributed by atoms with van der Waals surface area (Å²) in [5, 5.41) is 8.25. The zero-order chi connectivity index (χ0) is 27.6. The van der Waals surface area contributed by atoms with E-state index in [1.807, 2.05) is 37.3 Å². The van der Waals surface area contributed by atoms with Gasteiger partial charge in [-0.25, -0.2) is 10.2 Å². The number of fused-ring (bicyclic) bond motifs is 1. The predicted molar refractivity (Wildman–Crippen MR) is 148 cm³/mol. The number of methoxy groups -OCH3 is 1. The molecule has 4 rings (SSSR count). The van der Waals surface area contributed by atoms with Crippen LogP contribution in [0.25, 0.3) is 10.8 Å². The molecule has 0 radical (unpaired) electrons. The highest BCUT2D eigenvalue weighted by molar-refractivity contribution is 6.04. The number of hydrazone groups is 1. The van der Waals surface area contributed by atoms with Gasteiger partial charge in [0.05, 0.1) is 32.0 Å². The number of hydrogen-bond donors (Lipinski definition) is 2. The van der Waals surface area contributed by atoms with Crippen LogP contribution in [-0.4, -0.2) is 44.3 Å². The summed E-state index contributed by atoms with van der Waals surface area (Å²) in [5.74, 6) is 0.0716. The summed E-state index contributed by atoms with van der Waals surface area (Å²) in [6.07, 6.45) is 1.41. The molecule has 198 valence electrons. The van der Waals surface area contributed by atoms with Crippen LogP contribution >= 0.6 is 0 Å². The van der Waals surface area contributed by atoms with Crippen molar-refractivity contribution in [1.82, 2.24) is 10.7 Å². The van der Waals surface area contributed by atoms with Gasteiger partial charge in [0.2, 0.25) is 0 Å². The standard InChI is InChI=1S/C30H27N3O6/c1-3-38-24-15-10-22(11-16-24)30(36)39-27-17-12-20-6-4-5-7-25(20)26(27)18-32-33-28(34)19-31-29(35)21-8-13-23(37-2)14-9-21/h4-18H,3,19H2,1-2H3,(H,31,35)(H,33,34). The minimum atomic E-state index is -0.548. The van der Waals surface area contributed by atoms with E-state index in [4.69, 9.17) is 14.2 Å². The van der Waals surface area contributed by atoms with Crippen molar-refractivity contribution in [2.45, 2.75) is 6.92 Å². The maximum atomic E-state index is 12.8. The van der Waals surface area contributed by atoms with Crippen molar-refractivity contribution in [3.05, 3.63) is 102 Å². The molecule has 0 aliphatic carbocycles. The van der Waals surface area contributed by atoms with Gasteiger partial charge in [0.15, 0.2) is 0 Å². The zero-order valence-electron chi connectivity index (χ0n) is 21.5. The number of hydrogen-bond acceptors (Lipinski definition) is 7. The van der Waals surface area contributed by atoms with Gasteiger partial charge in [0, 0.05) is 11.1 Å². The lowest BCUT2D eigenvalue weighted by Crippen LogP contribution is -2.34. The van der Waals surface area contributed by atoms with Gasteiger partial charge in [-0.3, -0.25) is 9.59 Å².